The number of urea groups is 1. The van der Waals surface area contributed by atoms with Gasteiger partial charge in [-0.2, -0.15) is 8.78 Å². The number of amides is 2. The van der Waals surface area contributed by atoms with Gasteiger partial charge in [0.2, 0.25) is 0 Å². The average Bonchev–Trinajstić information content (AvgIpc) is 2.99. The van der Waals surface area contributed by atoms with Crippen LogP contribution in [0.3, 0.4) is 0 Å². The van der Waals surface area contributed by atoms with Crippen molar-refractivity contribution in [3.63, 3.8) is 0 Å². The monoisotopic (exact) mass is 340 g/mol. The predicted octanol–water partition coefficient (Wildman–Crippen LogP) is 2.59. The van der Waals surface area contributed by atoms with Gasteiger partial charge in [0.1, 0.15) is 0 Å². The number of alkyl halides is 2. The minimum atomic E-state index is -2.76. The van der Waals surface area contributed by atoms with Gasteiger partial charge in [0.25, 0.3) is 0 Å². The first-order chi connectivity index (χ1) is 11.6. The van der Waals surface area contributed by atoms with E-state index in [1.807, 2.05) is 18.2 Å². The van der Waals surface area contributed by atoms with Gasteiger partial charge in [0.05, 0.1) is 18.8 Å². The van der Waals surface area contributed by atoms with Crippen molar-refractivity contribution >= 4 is 6.03 Å². The van der Waals surface area contributed by atoms with E-state index in [1.165, 1.54) is 11.1 Å². The van der Waals surface area contributed by atoms with Gasteiger partial charge in [-0.1, -0.05) is 24.3 Å². The van der Waals surface area contributed by atoms with Gasteiger partial charge in [-0.15, -0.1) is 0 Å². The smallest absolute Gasteiger partial charge is 0.345 e. The fourth-order valence-electron chi connectivity index (χ4n) is 3.32. The van der Waals surface area contributed by atoms with E-state index in [2.05, 4.69) is 21.4 Å². The lowest BCUT2D eigenvalue weighted by molar-refractivity contribution is -0.160. The molecule has 2 aliphatic rings. The van der Waals surface area contributed by atoms with E-state index >= 15 is 0 Å². The summed E-state index contributed by atoms with van der Waals surface area (Å²) < 4.78 is 34.6. The van der Waals surface area contributed by atoms with Crippen LogP contribution in [0.1, 0.15) is 30.4 Å². The fraction of sp³-hybridized carbons (Fsp3) is 0.588. The summed E-state index contributed by atoms with van der Waals surface area (Å²) in [6, 6.07) is 7.69. The molecule has 1 aliphatic heterocycles. The fourth-order valence-corrected chi connectivity index (χ4v) is 3.32. The summed E-state index contributed by atoms with van der Waals surface area (Å²) in [6.07, 6.45) is 1.85. The number of hydrogen-bond acceptors (Lipinski definition) is 3. The van der Waals surface area contributed by atoms with E-state index in [4.69, 9.17) is 4.74 Å². The average molecular weight is 340 g/mol. The highest BCUT2D eigenvalue weighted by atomic mass is 19.3. The van der Waals surface area contributed by atoms with E-state index in [1.54, 1.807) is 0 Å². The second kappa shape index (κ2) is 7.90. The zero-order valence-corrected chi connectivity index (χ0v) is 13.3. The molecule has 0 radical (unpaired) electrons. The molecule has 0 aromatic heterocycles. The van der Waals surface area contributed by atoms with Crippen LogP contribution in [-0.2, 0) is 22.5 Å². The Morgan fingerprint density at radius 3 is 2.88 bits per heavy atom. The molecule has 24 heavy (non-hydrogen) atoms. The molecule has 1 fully saturated rings. The molecule has 1 saturated carbocycles. The SMILES string of the molecule is O=C(NC[C@@H]1Cc2ccccc2CO1)NC1CCC(OC(F)F)C1. The van der Waals surface area contributed by atoms with Gasteiger partial charge in [-0.3, -0.25) is 0 Å². The molecule has 2 amide bonds. The molecule has 1 aliphatic carbocycles. The van der Waals surface area contributed by atoms with Gasteiger partial charge in [-0.05, 0) is 30.4 Å². The van der Waals surface area contributed by atoms with Crippen LogP contribution in [0.15, 0.2) is 24.3 Å². The zero-order chi connectivity index (χ0) is 16.9. The van der Waals surface area contributed by atoms with E-state index in [9.17, 15) is 13.6 Å². The number of carbonyl (C=O) groups is 1. The summed E-state index contributed by atoms with van der Waals surface area (Å²) in [7, 11) is 0. The number of fused-ring (bicyclic) bond motifs is 1. The largest absolute Gasteiger partial charge is 0.371 e. The molecule has 1 aromatic carbocycles. The third-order valence-electron chi connectivity index (χ3n) is 4.55. The summed E-state index contributed by atoms with van der Waals surface area (Å²) in [4.78, 5) is 11.9. The van der Waals surface area contributed by atoms with Crippen LogP contribution in [-0.4, -0.2) is 37.4 Å². The summed E-state index contributed by atoms with van der Waals surface area (Å²) >= 11 is 0. The Morgan fingerprint density at radius 1 is 1.29 bits per heavy atom. The van der Waals surface area contributed by atoms with Crippen molar-refractivity contribution in [2.24, 2.45) is 0 Å². The number of benzene rings is 1. The van der Waals surface area contributed by atoms with Crippen molar-refractivity contribution in [2.45, 2.75) is 57.2 Å². The minimum absolute atomic E-state index is 0.0517. The minimum Gasteiger partial charge on any atom is -0.371 e. The summed E-state index contributed by atoms with van der Waals surface area (Å²) in [5.74, 6) is 0. The molecule has 0 bridgehead atoms. The Bertz CT molecular complexity index is 571. The topological polar surface area (TPSA) is 59.6 Å². The van der Waals surface area contributed by atoms with Crippen LogP contribution >= 0.6 is 0 Å². The van der Waals surface area contributed by atoms with E-state index in [-0.39, 0.29) is 18.2 Å². The summed E-state index contributed by atoms with van der Waals surface area (Å²) in [5.41, 5.74) is 2.44. The van der Waals surface area contributed by atoms with E-state index < -0.39 is 12.7 Å². The molecule has 0 saturated heterocycles. The number of hydrogen-bond donors (Lipinski definition) is 2. The maximum absolute atomic E-state index is 12.2. The molecule has 3 atom stereocenters. The molecule has 2 N–H and O–H groups in total. The molecule has 132 valence electrons. The second-order valence-electron chi connectivity index (χ2n) is 6.29. The van der Waals surface area contributed by atoms with Crippen molar-refractivity contribution < 1.29 is 23.0 Å². The summed E-state index contributed by atoms with van der Waals surface area (Å²) in [6.45, 7) is -1.78. The number of nitrogens with one attached hydrogen (secondary N) is 2. The maximum Gasteiger partial charge on any atom is 0.345 e. The van der Waals surface area contributed by atoms with Crippen molar-refractivity contribution in [1.82, 2.24) is 10.6 Å². The van der Waals surface area contributed by atoms with Crippen LogP contribution in [0.4, 0.5) is 13.6 Å². The normalized spacial score (nSPS) is 26.2. The highest BCUT2D eigenvalue weighted by Crippen LogP contribution is 2.24. The predicted molar refractivity (Wildman–Crippen MR) is 83.8 cm³/mol. The van der Waals surface area contributed by atoms with Crippen LogP contribution in [0.2, 0.25) is 0 Å². The molecule has 5 nitrogen and oxygen atoms in total. The third-order valence-corrected chi connectivity index (χ3v) is 4.55. The van der Waals surface area contributed by atoms with Crippen LogP contribution in [0.5, 0.6) is 0 Å². The lowest BCUT2D eigenvalue weighted by atomic mass is 9.99. The molecule has 7 heteroatoms. The van der Waals surface area contributed by atoms with Crippen LogP contribution in [0.25, 0.3) is 0 Å². The quantitative estimate of drug-likeness (QED) is 0.866. The van der Waals surface area contributed by atoms with Gasteiger partial charge in [0.15, 0.2) is 0 Å². The highest BCUT2D eigenvalue weighted by Gasteiger charge is 2.28. The van der Waals surface area contributed by atoms with Gasteiger partial charge >= 0.3 is 12.6 Å². The van der Waals surface area contributed by atoms with E-state index in [0.29, 0.717) is 32.4 Å². The van der Waals surface area contributed by atoms with Crippen molar-refractivity contribution in [2.75, 3.05) is 6.54 Å². The van der Waals surface area contributed by atoms with Gasteiger partial charge in [0, 0.05) is 19.0 Å². The van der Waals surface area contributed by atoms with Crippen molar-refractivity contribution in [1.29, 1.82) is 0 Å². The van der Waals surface area contributed by atoms with Crippen molar-refractivity contribution in [3.8, 4) is 0 Å². The zero-order valence-electron chi connectivity index (χ0n) is 13.3. The maximum atomic E-state index is 12.2. The lowest BCUT2D eigenvalue weighted by Crippen LogP contribution is -2.45. The van der Waals surface area contributed by atoms with E-state index in [0.717, 1.165) is 6.42 Å². The Balaban J connectivity index is 1.38. The Labute approximate surface area is 139 Å². The Hall–Kier alpha value is -1.73. The lowest BCUT2D eigenvalue weighted by Gasteiger charge is -2.25. The molecular formula is C17H22F2N2O3. The Morgan fingerprint density at radius 2 is 2.08 bits per heavy atom. The Kier molecular flexibility index (Phi) is 5.63. The molecule has 0 spiro atoms. The molecule has 2 unspecified atom stereocenters. The highest BCUT2D eigenvalue weighted by molar-refractivity contribution is 5.74. The van der Waals surface area contributed by atoms with Crippen molar-refractivity contribution in [3.05, 3.63) is 35.4 Å². The number of rotatable bonds is 5. The first kappa shape index (κ1) is 17.1. The van der Waals surface area contributed by atoms with Crippen LogP contribution in [0, 0.1) is 0 Å². The van der Waals surface area contributed by atoms with Crippen LogP contribution < -0.4 is 10.6 Å². The molecule has 1 aromatic rings. The summed E-state index contributed by atoms with van der Waals surface area (Å²) in [5, 5.41) is 5.61. The number of carbonyl (C=O) groups excluding carboxylic acids is 1. The molecule has 1 heterocycles. The number of ether oxygens (including phenoxy) is 2. The first-order valence-corrected chi connectivity index (χ1v) is 8.26. The van der Waals surface area contributed by atoms with Gasteiger partial charge < -0.3 is 20.1 Å². The standard InChI is InChI=1S/C17H22F2N2O3/c18-16(19)24-14-6-5-13(8-14)21-17(22)20-9-15-7-11-3-1-2-4-12(11)10-23-15/h1-4,13-16H,5-10H2,(H2,20,21,22)/t13?,14?,15-/m0/s1. The molecular weight excluding hydrogens is 318 g/mol. The van der Waals surface area contributed by atoms with Gasteiger partial charge in [-0.25, -0.2) is 4.79 Å². The second-order valence-corrected chi connectivity index (χ2v) is 6.29. The number of halogens is 2. The first-order valence-electron chi connectivity index (χ1n) is 8.26. The molecule has 3 rings (SSSR count). The third kappa shape index (κ3) is 4.64.